The molecule has 1 aromatic carbocycles. The molecule has 0 bridgehead atoms. The number of benzene rings is 1. The molecule has 1 spiro atoms. The first kappa shape index (κ1) is 19.6. The van der Waals surface area contributed by atoms with Gasteiger partial charge in [0.05, 0.1) is 19.7 Å². The number of methoxy groups -OCH3 is 2. The largest absolute Gasteiger partial charge is 0.493 e. The molecule has 2 saturated heterocycles. The van der Waals surface area contributed by atoms with Crippen molar-refractivity contribution in [2.75, 3.05) is 45.3 Å². The van der Waals surface area contributed by atoms with Crippen LogP contribution in [-0.2, 0) is 0 Å². The summed E-state index contributed by atoms with van der Waals surface area (Å²) in [6, 6.07) is 3.91. The molecule has 3 aliphatic rings. The summed E-state index contributed by atoms with van der Waals surface area (Å²) in [6.07, 6.45) is 8.09. The second kappa shape index (κ2) is 8.33. The van der Waals surface area contributed by atoms with Crippen LogP contribution in [-0.4, -0.2) is 55.6 Å². The molecular formula is C21H30N4O2S. The summed E-state index contributed by atoms with van der Waals surface area (Å²) in [7, 11) is 3.30. The van der Waals surface area contributed by atoms with Crippen molar-refractivity contribution in [3.05, 3.63) is 18.5 Å². The van der Waals surface area contributed by atoms with E-state index in [4.69, 9.17) is 9.47 Å². The number of anilines is 1. The van der Waals surface area contributed by atoms with Gasteiger partial charge in [0.15, 0.2) is 11.5 Å². The Bertz CT molecular complexity index is 811. The maximum Gasteiger partial charge on any atom is 0.162 e. The first-order valence-corrected chi connectivity index (χ1v) is 10.7. The Kier molecular flexibility index (Phi) is 5.83. The molecule has 0 radical (unpaired) electrons. The van der Waals surface area contributed by atoms with Crippen molar-refractivity contribution >= 4 is 29.3 Å². The van der Waals surface area contributed by atoms with E-state index in [0.29, 0.717) is 11.2 Å². The van der Waals surface area contributed by atoms with Crippen LogP contribution in [0.1, 0.15) is 32.1 Å². The maximum atomic E-state index is 5.46. The highest BCUT2D eigenvalue weighted by molar-refractivity contribution is 7.81. The zero-order valence-corrected chi connectivity index (χ0v) is 17.7. The summed E-state index contributed by atoms with van der Waals surface area (Å²) in [5.74, 6) is 2.42. The Labute approximate surface area is 172 Å². The summed E-state index contributed by atoms with van der Waals surface area (Å²) in [5.41, 5.74) is 1.39. The average molecular weight is 403 g/mol. The molecule has 7 heteroatoms. The molecule has 0 atom stereocenters. The van der Waals surface area contributed by atoms with Gasteiger partial charge in [-0.1, -0.05) is 0 Å². The Morgan fingerprint density at radius 3 is 2.32 bits per heavy atom. The quantitative estimate of drug-likeness (QED) is 0.769. The van der Waals surface area contributed by atoms with Crippen LogP contribution in [0.25, 0.3) is 10.9 Å². The van der Waals surface area contributed by atoms with Crippen LogP contribution in [0, 0.1) is 5.41 Å². The van der Waals surface area contributed by atoms with E-state index in [2.05, 4.69) is 32.8 Å². The Balaban J connectivity index is 0.000000429. The first-order chi connectivity index (χ1) is 13.6. The molecule has 2 aromatic rings. The van der Waals surface area contributed by atoms with E-state index < -0.39 is 0 Å². The average Bonchev–Trinajstić information content (AvgIpc) is 3.39. The minimum Gasteiger partial charge on any atom is -0.493 e. The van der Waals surface area contributed by atoms with E-state index in [9.17, 15) is 0 Å². The highest BCUT2D eigenvalue weighted by Gasteiger charge is 2.37. The Morgan fingerprint density at radius 2 is 1.75 bits per heavy atom. The van der Waals surface area contributed by atoms with Crippen LogP contribution >= 0.6 is 12.6 Å². The molecule has 1 N–H and O–H groups in total. The summed E-state index contributed by atoms with van der Waals surface area (Å²) in [5, 5.41) is 5.32. The number of rotatable bonds is 3. The third kappa shape index (κ3) is 4.15. The van der Waals surface area contributed by atoms with Crippen molar-refractivity contribution in [1.29, 1.82) is 0 Å². The summed E-state index contributed by atoms with van der Waals surface area (Å²) in [4.78, 5) is 11.4. The van der Waals surface area contributed by atoms with Crippen LogP contribution < -0.4 is 19.7 Å². The number of hydrogen-bond donors (Lipinski definition) is 2. The highest BCUT2D eigenvalue weighted by atomic mass is 32.1. The summed E-state index contributed by atoms with van der Waals surface area (Å²) < 4.78 is 10.8. The van der Waals surface area contributed by atoms with E-state index in [-0.39, 0.29) is 0 Å². The predicted molar refractivity (Wildman–Crippen MR) is 116 cm³/mol. The monoisotopic (exact) mass is 402 g/mol. The topological polar surface area (TPSA) is 59.5 Å². The molecule has 6 nitrogen and oxygen atoms in total. The minimum absolute atomic E-state index is 0.500. The lowest BCUT2D eigenvalue weighted by Gasteiger charge is -2.39. The lowest BCUT2D eigenvalue weighted by atomic mass is 9.78. The van der Waals surface area contributed by atoms with Crippen molar-refractivity contribution in [3.8, 4) is 11.5 Å². The smallest absolute Gasteiger partial charge is 0.162 e. The van der Waals surface area contributed by atoms with E-state index in [0.717, 1.165) is 53.9 Å². The van der Waals surface area contributed by atoms with Gasteiger partial charge in [0.25, 0.3) is 0 Å². The van der Waals surface area contributed by atoms with Gasteiger partial charge in [-0.15, -0.1) is 0 Å². The van der Waals surface area contributed by atoms with Crippen LogP contribution in [0.2, 0.25) is 0 Å². The first-order valence-electron chi connectivity index (χ1n) is 10.1. The number of piperidine rings is 1. The normalized spacial score (nSPS) is 20.8. The lowest BCUT2D eigenvalue weighted by Crippen LogP contribution is -2.41. The van der Waals surface area contributed by atoms with Crippen LogP contribution in [0.3, 0.4) is 0 Å². The molecular weight excluding hydrogens is 372 g/mol. The standard InChI is InChI=1S/C18H24N4O2.C3H6S/c1-23-15-9-13-14(10-16(15)24-2)20-12-21-17(13)22-7-4-18(5-8-22)3-6-19-11-18;4-3-1-2-3/h9-10,12,19H,3-8,11H2,1-2H3;3-4H,1-2H2. The second-order valence-electron chi connectivity index (χ2n) is 8.07. The van der Waals surface area contributed by atoms with E-state index >= 15 is 0 Å². The number of aromatic nitrogens is 2. The fourth-order valence-electron chi connectivity index (χ4n) is 4.11. The van der Waals surface area contributed by atoms with Gasteiger partial charge in [0, 0.05) is 36.3 Å². The molecule has 3 fully saturated rings. The van der Waals surface area contributed by atoms with E-state index in [1.165, 1.54) is 32.1 Å². The molecule has 2 aliphatic heterocycles. The lowest BCUT2D eigenvalue weighted by molar-refractivity contribution is 0.247. The van der Waals surface area contributed by atoms with E-state index in [1.54, 1.807) is 20.5 Å². The molecule has 3 heterocycles. The molecule has 1 aliphatic carbocycles. The number of fused-ring (bicyclic) bond motifs is 1. The number of thiol groups is 1. The number of nitrogens with zero attached hydrogens (tertiary/aromatic N) is 3. The molecule has 0 amide bonds. The molecule has 1 aromatic heterocycles. The van der Waals surface area contributed by atoms with E-state index in [1.807, 2.05) is 12.1 Å². The molecule has 152 valence electrons. The van der Waals surface area contributed by atoms with Crippen LogP contribution in [0.15, 0.2) is 18.5 Å². The van der Waals surface area contributed by atoms with Crippen molar-refractivity contribution in [2.45, 2.75) is 37.4 Å². The van der Waals surface area contributed by atoms with Gasteiger partial charge in [0.2, 0.25) is 0 Å². The number of ether oxygens (including phenoxy) is 2. The predicted octanol–water partition coefficient (Wildman–Crippen LogP) is 3.31. The minimum atomic E-state index is 0.500. The molecule has 28 heavy (non-hydrogen) atoms. The van der Waals surface area contributed by atoms with Gasteiger partial charge in [-0.2, -0.15) is 12.6 Å². The SMILES string of the molecule is COc1cc2ncnc(N3CCC4(CCNC4)CC3)c2cc1OC.SC1CC1. The number of hydrogen-bond acceptors (Lipinski definition) is 7. The fourth-order valence-corrected chi connectivity index (χ4v) is 4.26. The van der Waals surface area contributed by atoms with Gasteiger partial charge in [0.1, 0.15) is 12.1 Å². The van der Waals surface area contributed by atoms with Crippen molar-refractivity contribution in [1.82, 2.24) is 15.3 Å². The molecule has 1 saturated carbocycles. The molecule has 5 rings (SSSR count). The van der Waals surface area contributed by atoms with Crippen LogP contribution in [0.4, 0.5) is 5.82 Å². The Morgan fingerprint density at radius 1 is 1.07 bits per heavy atom. The van der Waals surface area contributed by atoms with Gasteiger partial charge < -0.3 is 19.7 Å². The fraction of sp³-hybridized carbons (Fsp3) is 0.619. The number of nitrogens with one attached hydrogen (secondary N) is 1. The van der Waals surface area contributed by atoms with Gasteiger partial charge in [-0.05, 0) is 50.1 Å². The maximum absolute atomic E-state index is 5.46. The Hall–Kier alpha value is -1.73. The zero-order chi connectivity index (χ0) is 19.6. The van der Waals surface area contributed by atoms with Crippen LogP contribution in [0.5, 0.6) is 11.5 Å². The van der Waals surface area contributed by atoms with Gasteiger partial charge in [-0.3, -0.25) is 0 Å². The highest BCUT2D eigenvalue weighted by Crippen LogP contribution is 2.40. The third-order valence-electron chi connectivity index (χ3n) is 6.12. The van der Waals surface area contributed by atoms with Gasteiger partial charge in [-0.25, -0.2) is 9.97 Å². The second-order valence-corrected chi connectivity index (χ2v) is 8.80. The zero-order valence-electron chi connectivity index (χ0n) is 16.8. The molecule has 0 unspecified atom stereocenters. The van der Waals surface area contributed by atoms with Crippen molar-refractivity contribution < 1.29 is 9.47 Å². The van der Waals surface area contributed by atoms with Crippen molar-refractivity contribution in [2.24, 2.45) is 5.41 Å². The third-order valence-corrected chi connectivity index (χ3v) is 6.64. The van der Waals surface area contributed by atoms with Gasteiger partial charge >= 0.3 is 0 Å². The summed E-state index contributed by atoms with van der Waals surface area (Å²) in [6.45, 7) is 4.41. The summed E-state index contributed by atoms with van der Waals surface area (Å²) >= 11 is 4.08. The van der Waals surface area contributed by atoms with Crippen molar-refractivity contribution in [3.63, 3.8) is 0 Å².